The predicted octanol–water partition coefficient (Wildman–Crippen LogP) is 0.532. The molecule has 0 bridgehead atoms. The number of hydrogen-bond acceptors (Lipinski definition) is 12. The maximum Gasteiger partial charge on any atom is 0.246 e. The highest BCUT2D eigenvalue weighted by Crippen LogP contribution is 2.22. The van der Waals surface area contributed by atoms with E-state index in [1.54, 1.807) is 60.6 Å². The van der Waals surface area contributed by atoms with Crippen molar-refractivity contribution >= 4 is 65.0 Å². The molecule has 1 rings (SSSR count). The Morgan fingerprint density at radius 3 is 1.47 bits per heavy atom. The van der Waals surface area contributed by atoms with Crippen molar-refractivity contribution in [3.05, 3.63) is 12.2 Å². The molecule has 0 radical (unpaired) electrons. The van der Waals surface area contributed by atoms with Crippen molar-refractivity contribution < 1.29 is 57.8 Å². The summed E-state index contributed by atoms with van der Waals surface area (Å²) >= 11 is 0. The summed E-state index contributed by atoms with van der Waals surface area (Å²) in [5, 5.41) is 27.7. The lowest BCUT2D eigenvalue weighted by atomic mass is 9.91. The smallest absolute Gasteiger partial charge is 0.246 e. The molecule has 1 aliphatic rings. The molecule has 11 amide bonds. The van der Waals surface area contributed by atoms with Crippen molar-refractivity contribution in [1.29, 1.82) is 0 Å². The monoisotopic (exact) mass is 1090 g/mol. The van der Waals surface area contributed by atoms with Crippen molar-refractivity contribution in [1.82, 2.24) is 56.4 Å². The normalized spacial score (nSPS) is 28.0. The first-order valence-corrected chi connectivity index (χ1v) is 27.0. The molecule has 1 saturated heterocycles. The van der Waals surface area contributed by atoms with Crippen LogP contribution < -0.4 is 31.9 Å². The lowest BCUT2D eigenvalue weighted by Crippen LogP contribution is -2.63. The molecule has 0 aromatic carbocycles. The number of carbonyl (C=O) groups excluding carboxylic acids is 11. The lowest BCUT2D eigenvalue weighted by molar-refractivity contribution is -0.151. The molecule has 438 valence electrons. The number of amides is 11. The van der Waals surface area contributed by atoms with Crippen molar-refractivity contribution in [2.75, 3.05) is 41.8 Å². The highest BCUT2D eigenvalue weighted by Gasteiger charge is 2.43. The summed E-state index contributed by atoms with van der Waals surface area (Å²) in [4.78, 5) is 160. The van der Waals surface area contributed by atoms with Gasteiger partial charge in [-0.05, 0) is 89.9 Å². The van der Waals surface area contributed by atoms with Gasteiger partial charge in [0.2, 0.25) is 65.0 Å². The predicted molar refractivity (Wildman–Crippen MR) is 292 cm³/mol. The van der Waals surface area contributed by atoms with Crippen LogP contribution in [-0.4, -0.2) is 203 Å². The maximum atomic E-state index is 14.8. The minimum atomic E-state index is -1.61. The Morgan fingerprint density at radius 2 is 0.974 bits per heavy atom. The fraction of sp³-hybridized carbons (Fsp3) is 0.759. The van der Waals surface area contributed by atoms with Gasteiger partial charge < -0.3 is 61.5 Å². The zero-order valence-electron chi connectivity index (χ0n) is 49.6. The van der Waals surface area contributed by atoms with Crippen molar-refractivity contribution in [2.45, 2.75) is 196 Å². The second-order valence-corrected chi connectivity index (χ2v) is 22.4. The molecule has 23 heteroatoms. The highest BCUT2D eigenvalue weighted by atomic mass is 16.3. The molecule has 12 atom stereocenters. The van der Waals surface area contributed by atoms with Crippen LogP contribution in [0.25, 0.3) is 0 Å². The Labute approximate surface area is 457 Å². The van der Waals surface area contributed by atoms with Crippen LogP contribution in [0, 0.1) is 29.6 Å². The van der Waals surface area contributed by atoms with Gasteiger partial charge in [0.05, 0.1) is 12.6 Å². The Bertz CT molecular complexity index is 2120. The van der Waals surface area contributed by atoms with E-state index in [1.165, 1.54) is 72.7 Å². The number of likely N-dealkylation sites (N-methyl/N-ethyl adjacent to an activating group) is 5. The summed E-state index contributed by atoms with van der Waals surface area (Å²) in [6.45, 7) is 24.3. The van der Waals surface area contributed by atoms with Gasteiger partial charge in [0.15, 0.2) is 0 Å². The number of allylic oxidation sites excluding steroid dienone is 2. The number of carbonyl (C=O) groups is 11. The first kappa shape index (κ1) is 68.9. The van der Waals surface area contributed by atoms with Crippen LogP contribution >= 0.6 is 0 Å². The summed E-state index contributed by atoms with van der Waals surface area (Å²) in [5.74, 6) is -9.94. The standard InChI is InChI=1S/C54H95N11O12/c1-21-23-24-32(11)44(67)43-49(72)58-37(22-2)51(74)61(16)27-40(66)55-33(12)46(69)59-41(30(7)8)53(76)62(17)36(15)47(70)56-34(13)45(68)57-35(14)50(73)64(19)39(26-29(5)6)52(75)63(18)38(25-28(3)4)48(71)60-42(31(9)10)54(77)65(43)20/h21,23,28-39,41-44,67H,22,24-27H2,1-20H3,(H,55,66)(H,56,70)(H,57,68)(H,58,72)(H,59,69)(H,60,71)/b23-21+/t32-,33-,34+,35-,36+,37+,38+,39-,41+,42+,43+,44-/m1/s1. The average molecular weight is 1090 g/mol. The van der Waals surface area contributed by atoms with E-state index in [-0.39, 0.29) is 31.1 Å². The van der Waals surface area contributed by atoms with Crippen molar-refractivity contribution in [3.63, 3.8) is 0 Å². The number of hydrogen-bond donors (Lipinski definition) is 7. The van der Waals surface area contributed by atoms with E-state index in [9.17, 15) is 57.8 Å². The second kappa shape index (κ2) is 31.3. The Kier molecular flexibility index (Phi) is 28.0. The van der Waals surface area contributed by atoms with Crippen molar-refractivity contribution in [3.8, 4) is 0 Å². The third kappa shape index (κ3) is 19.7. The first-order valence-electron chi connectivity index (χ1n) is 27.0. The lowest BCUT2D eigenvalue weighted by Gasteiger charge is -2.39. The van der Waals surface area contributed by atoms with Gasteiger partial charge in [0, 0.05) is 35.2 Å². The van der Waals surface area contributed by atoms with Crippen molar-refractivity contribution in [2.24, 2.45) is 29.6 Å². The number of nitrogens with zero attached hydrogens (tertiary/aromatic N) is 5. The van der Waals surface area contributed by atoms with Gasteiger partial charge in [-0.25, -0.2) is 0 Å². The van der Waals surface area contributed by atoms with E-state index in [2.05, 4.69) is 31.9 Å². The molecule has 0 aromatic heterocycles. The maximum absolute atomic E-state index is 14.8. The Morgan fingerprint density at radius 1 is 0.519 bits per heavy atom. The molecular formula is C54H95N11O12. The fourth-order valence-corrected chi connectivity index (χ4v) is 8.77. The Hall–Kier alpha value is -6.13. The van der Waals surface area contributed by atoms with Gasteiger partial charge in [0.25, 0.3) is 0 Å². The number of nitrogens with one attached hydrogen (secondary N) is 6. The molecule has 0 aliphatic carbocycles. The van der Waals surface area contributed by atoms with E-state index < -0.39 is 156 Å². The summed E-state index contributed by atoms with van der Waals surface area (Å²) in [6.07, 6.45) is 2.68. The van der Waals surface area contributed by atoms with Gasteiger partial charge in [-0.1, -0.05) is 81.4 Å². The van der Waals surface area contributed by atoms with E-state index in [0.717, 1.165) is 14.7 Å². The fourth-order valence-electron chi connectivity index (χ4n) is 8.77. The van der Waals surface area contributed by atoms with Crippen LogP contribution in [0.5, 0.6) is 0 Å². The van der Waals surface area contributed by atoms with Gasteiger partial charge in [-0.2, -0.15) is 0 Å². The first-order chi connectivity index (χ1) is 35.6. The van der Waals surface area contributed by atoms with Crippen LogP contribution in [0.4, 0.5) is 0 Å². The number of aliphatic hydroxyl groups is 1. The van der Waals surface area contributed by atoms with E-state index in [1.807, 2.05) is 27.7 Å². The molecule has 0 saturated carbocycles. The molecule has 0 spiro atoms. The SMILES string of the molecule is C/C=C/C[C@@H](C)[C@@H](O)[C@H]1C(=O)N[C@@H](CC)C(=O)N(C)CC(=O)N[C@H](C)C(=O)N[C@@H](C(C)C)C(=O)N(C)[C@@H](C)C(=O)N[C@@H](C)C(=O)N[C@H](C)C(=O)N(C)[C@H](CC(C)C)C(=O)N(C)[C@@H](CC(C)C)C(=O)N[C@@H](C(C)C)C(=O)N1C. The summed E-state index contributed by atoms with van der Waals surface area (Å²) in [6, 6.07) is -12.5. The zero-order chi connectivity index (χ0) is 59.7. The summed E-state index contributed by atoms with van der Waals surface area (Å²) in [5.41, 5.74) is 0. The quantitative estimate of drug-likeness (QED) is 0.140. The third-order valence-electron chi connectivity index (χ3n) is 14.1. The average Bonchev–Trinajstić information content (AvgIpc) is 3.35. The van der Waals surface area contributed by atoms with Gasteiger partial charge in [-0.15, -0.1) is 0 Å². The zero-order valence-corrected chi connectivity index (χ0v) is 49.6. The van der Waals surface area contributed by atoms with Crippen LogP contribution in [0.1, 0.15) is 130 Å². The minimum absolute atomic E-state index is 0.0203. The molecule has 0 unspecified atom stereocenters. The van der Waals surface area contributed by atoms with E-state index >= 15 is 0 Å². The van der Waals surface area contributed by atoms with E-state index in [4.69, 9.17) is 0 Å². The Balaban J connectivity index is 4.05. The van der Waals surface area contributed by atoms with Crippen LogP contribution in [0.15, 0.2) is 12.2 Å². The number of aliphatic hydroxyl groups excluding tert-OH is 1. The van der Waals surface area contributed by atoms with Gasteiger partial charge in [0.1, 0.15) is 60.4 Å². The van der Waals surface area contributed by atoms with Crippen LogP contribution in [0.2, 0.25) is 0 Å². The van der Waals surface area contributed by atoms with Crippen LogP contribution in [0.3, 0.4) is 0 Å². The molecule has 23 nitrogen and oxygen atoms in total. The number of rotatable bonds is 11. The topological polar surface area (TPSA) is 296 Å². The molecule has 7 N–H and O–H groups in total. The third-order valence-corrected chi connectivity index (χ3v) is 14.1. The van der Waals surface area contributed by atoms with Crippen LogP contribution in [-0.2, 0) is 52.7 Å². The molecule has 0 aromatic rings. The molecule has 77 heavy (non-hydrogen) atoms. The molecule has 1 fully saturated rings. The highest BCUT2D eigenvalue weighted by molar-refractivity contribution is 5.99. The van der Waals surface area contributed by atoms with Gasteiger partial charge in [-0.3, -0.25) is 52.7 Å². The minimum Gasteiger partial charge on any atom is -0.390 e. The summed E-state index contributed by atoms with van der Waals surface area (Å²) in [7, 11) is 6.84. The largest absolute Gasteiger partial charge is 0.390 e. The molecule has 1 heterocycles. The second-order valence-electron chi connectivity index (χ2n) is 22.4. The summed E-state index contributed by atoms with van der Waals surface area (Å²) < 4.78 is 0. The van der Waals surface area contributed by atoms with Gasteiger partial charge >= 0.3 is 0 Å². The molecule has 1 aliphatic heterocycles. The van der Waals surface area contributed by atoms with E-state index in [0.29, 0.717) is 6.42 Å². The molecular weight excluding hydrogens is 995 g/mol.